The summed E-state index contributed by atoms with van der Waals surface area (Å²) in [7, 11) is 0. The summed E-state index contributed by atoms with van der Waals surface area (Å²) in [4.78, 5) is 2.73. The average Bonchev–Trinajstić information content (AvgIpc) is 2.51. The van der Waals surface area contributed by atoms with Crippen LogP contribution < -0.4 is 5.32 Å². The minimum Gasteiger partial charge on any atom is -0.309 e. The van der Waals surface area contributed by atoms with Gasteiger partial charge in [-0.1, -0.05) is 31.2 Å². The van der Waals surface area contributed by atoms with Gasteiger partial charge in [0, 0.05) is 31.2 Å². The van der Waals surface area contributed by atoms with E-state index in [1.807, 2.05) is 0 Å². The van der Waals surface area contributed by atoms with Crippen LogP contribution in [0.1, 0.15) is 57.1 Å². The third-order valence-corrected chi connectivity index (χ3v) is 5.73. The molecule has 2 nitrogen and oxygen atoms in total. The molecule has 0 amide bonds. The van der Waals surface area contributed by atoms with Crippen LogP contribution in [-0.4, -0.2) is 36.1 Å². The van der Waals surface area contributed by atoms with Crippen molar-refractivity contribution in [2.75, 3.05) is 19.6 Å². The van der Waals surface area contributed by atoms with E-state index in [1.54, 1.807) is 11.1 Å². The monoisotopic (exact) mass is 286 g/mol. The first-order valence-electron chi connectivity index (χ1n) is 8.68. The Kier molecular flexibility index (Phi) is 4.37. The molecule has 1 aliphatic carbocycles. The zero-order chi connectivity index (χ0) is 14.9. The molecule has 1 fully saturated rings. The molecule has 1 N–H and O–H groups in total. The molecular weight excluding hydrogens is 256 g/mol. The lowest BCUT2D eigenvalue weighted by molar-refractivity contribution is 0.0851. The van der Waals surface area contributed by atoms with Crippen molar-refractivity contribution >= 4 is 0 Å². The fourth-order valence-corrected chi connectivity index (χ4v) is 3.99. The van der Waals surface area contributed by atoms with E-state index in [0.29, 0.717) is 11.6 Å². The predicted molar refractivity (Wildman–Crippen MR) is 89.9 cm³/mol. The van der Waals surface area contributed by atoms with Crippen LogP contribution in [0, 0.1) is 0 Å². The van der Waals surface area contributed by atoms with Gasteiger partial charge in [0.15, 0.2) is 0 Å². The van der Waals surface area contributed by atoms with E-state index < -0.39 is 0 Å². The first-order valence-corrected chi connectivity index (χ1v) is 8.68. The number of nitrogens with zero attached hydrogens (tertiary/aromatic N) is 1. The molecule has 1 heterocycles. The summed E-state index contributed by atoms with van der Waals surface area (Å²) in [6.45, 7) is 10.6. The van der Waals surface area contributed by atoms with Crippen molar-refractivity contribution in [1.29, 1.82) is 0 Å². The van der Waals surface area contributed by atoms with Gasteiger partial charge in [-0.15, -0.1) is 0 Å². The Hall–Kier alpha value is -0.860. The predicted octanol–water partition coefficient (Wildman–Crippen LogP) is 3.57. The SMILES string of the molecule is CCC1(C)CN(CC2CCCc3ccccc32)C(C)CN1. The molecule has 2 aliphatic rings. The summed E-state index contributed by atoms with van der Waals surface area (Å²) < 4.78 is 0. The van der Waals surface area contributed by atoms with Crippen molar-refractivity contribution in [1.82, 2.24) is 10.2 Å². The quantitative estimate of drug-likeness (QED) is 0.914. The van der Waals surface area contributed by atoms with Crippen LogP contribution in [0.5, 0.6) is 0 Å². The van der Waals surface area contributed by atoms with Gasteiger partial charge in [0.25, 0.3) is 0 Å². The van der Waals surface area contributed by atoms with E-state index in [9.17, 15) is 0 Å². The standard InChI is InChI=1S/C19H30N2/c1-4-19(3)14-21(15(2)12-20-19)13-17-10-7-9-16-8-5-6-11-18(16)17/h5-6,8,11,15,17,20H,4,7,9-10,12-14H2,1-3H3. The molecular formula is C19H30N2. The summed E-state index contributed by atoms with van der Waals surface area (Å²) in [6.07, 6.45) is 5.19. The second-order valence-corrected chi connectivity index (χ2v) is 7.36. The highest BCUT2D eigenvalue weighted by molar-refractivity contribution is 5.32. The van der Waals surface area contributed by atoms with E-state index in [-0.39, 0.29) is 0 Å². The smallest absolute Gasteiger partial charge is 0.0278 e. The second kappa shape index (κ2) is 6.10. The lowest BCUT2D eigenvalue weighted by Gasteiger charge is -2.46. The van der Waals surface area contributed by atoms with Crippen LogP contribution in [0.4, 0.5) is 0 Å². The lowest BCUT2D eigenvalue weighted by Crippen LogP contribution is -2.62. The van der Waals surface area contributed by atoms with Gasteiger partial charge in [-0.05, 0) is 56.6 Å². The van der Waals surface area contributed by atoms with Gasteiger partial charge in [-0.3, -0.25) is 4.90 Å². The maximum atomic E-state index is 3.74. The van der Waals surface area contributed by atoms with Crippen LogP contribution in [-0.2, 0) is 6.42 Å². The summed E-state index contributed by atoms with van der Waals surface area (Å²) in [6, 6.07) is 9.76. The van der Waals surface area contributed by atoms with Crippen molar-refractivity contribution in [3.05, 3.63) is 35.4 Å². The Morgan fingerprint density at radius 2 is 2.14 bits per heavy atom. The topological polar surface area (TPSA) is 15.3 Å². The van der Waals surface area contributed by atoms with Crippen LogP contribution in [0.2, 0.25) is 0 Å². The number of benzene rings is 1. The molecule has 0 bridgehead atoms. The summed E-state index contributed by atoms with van der Waals surface area (Å²) in [5, 5.41) is 3.74. The average molecular weight is 286 g/mol. The number of piperazine rings is 1. The molecule has 0 saturated carbocycles. The molecule has 0 aromatic heterocycles. The van der Waals surface area contributed by atoms with Crippen LogP contribution in [0.3, 0.4) is 0 Å². The molecule has 1 aromatic rings. The third-order valence-electron chi connectivity index (χ3n) is 5.73. The minimum atomic E-state index is 0.292. The molecule has 0 radical (unpaired) electrons. The number of rotatable bonds is 3. The minimum absolute atomic E-state index is 0.292. The Labute approximate surface area is 129 Å². The number of aryl methyl sites for hydroxylation is 1. The Morgan fingerprint density at radius 3 is 2.95 bits per heavy atom. The van der Waals surface area contributed by atoms with Gasteiger partial charge in [0.2, 0.25) is 0 Å². The van der Waals surface area contributed by atoms with E-state index in [1.165, 1.54) is 38.8 Å². The highest BCUT2D eigenvalue weighted by Gasteiger charge is 2.34. The zero-order valence-corrected chi connectivity index (χ0v) is 13.9. The van der Waals surface area contributed by atoms with E-state index in [4.69, 9.17) is 0 Å². The van der Waals surface area contributed by atoms with Crippen LogP contribution in [0.25, 0.3) is 0 Å². The van der Waals surface area contributed by atoms with Gasteiger partial charge in [0.1, 0.15) is 0 Å². The van der Waals surface area contributed by atoms with Gasteiger partial charge < -0.3 is 5.32 Å². The molecule has 3 rings (SSSR count). The second-order valence-electron chi connectivity index (χ2n) is 7.36. The van der Waals surface area contributed by atoms with Crippen molar-refractivity contribution < 1.29 is 0 Å². The number of fused-ring (bicyclic) bond motifs is 1. The molecule has 1 aromatic carbocycles. The van der Waals surface area contributed by atoms with E-state index >= 15 is 0 Å². The Bertz CT molecular complexity index is 484. The first-order chi connectivity index (χ1) is 10.1. The molecule has 1 saturated heterocycles. The maximum absolute atomic E-state index is 3.74. The van der Waals surface area contributed by atoms with E-state index in [0.717, 1.165) is 12.5 Å². The van der Waals surface area contributed by atoms with Gasteiger partial charge in [0.05, 0.1) is 0 Å². The fraction of sp³-hybridized carbons (Fsp3) is 0.684. The number of hydrogen-bond donors (Lipinski definition) is 1. The highest BCUT2D eigenvalue weighted by Crippen LogP contribution is 2.33. The molecule has 2 heteroatoms. The summed E-state index contributed by atoms with van der Waals surface area (Å²) in [5.74, 6) is 0.733. The molecule has 3 atom stereocenters. The zero-order valence-electron chi connectivity index (χ0n) is 13.9. The lowest BCUT2D eigenvalue weighted by atomic mass is 9.82. The van der Waals surface area contributed by atoms with Gasteiger partial charge in [-0.25, -0.2) is 0 Å². The van der Waals surface area contributed by atoms with Crippen molar-refractivity contribution in [2.45, 2.75) is 64.0 Å². The molecule has 0 spiro atoms. The van der Waals surface area contributed by atoms with Gasteiger partial charge in [-0.2, -0.15) is 0 Å². The molecule has 116 valence electrons. The van der Waals surface area contributed by atoms with Crippen molar-refractivity contribution in [2.24, 2.45) is 0 Å². The summed E-state index contributed by atoms with van der Waals surface area (Å²) in [5.41, 5.74) is 3.50. The largest absolute Gasteiger partial charge is 0.309 e. The maximum Gasteiger partial charge on any atom is 0.0278 e. The molecule has 3 unspecified atom stereocenters. The summed E-state index contributed by atoms with van der Waals surface area (Å²) >= 11 is 0. The molecule has 21 heavy (non-hydrogen) atoms. The van der Waals surface area contributed by atoms with Crippen molar-refractivity contribution in [3.8, 4) is 0 Å². The number of nitrogens with one attached hydrogen (secondary N) is 1. The highest BCUT2D eigenvalue weighted by atomic mass is 15.2. The van der Waals surface area contributed by atoms with Gasteiger partial charge >= 0.3 is 0 Å². The first kappa shape index (κ1) is 15.1. The van der Waals surface area contributed by atoms with Crippen LogP contribution >= 0.6 is 0 Å². The fourth-order valence-electron chi connectivity index (χ4n) is 3.99. The molecule has 1 aliphatic heterocycles. The Morgan fingerprint density at radius 1 is 1.33 bits per heavy atom. The Balaban J connectivity index is 1.74. The van der Waals surface area contributed by atoms with Crippen LogP contribution in [0.15, 0.2) is 24.3 Å². The third kappa shape index (κ3) is 3.17. The van der Waals surface area contributed by atoms with E-state index in [2.05, 4.69) is 55.3 Å². The normalized spacial score (nSPS) is 33.7. The number of hydrogen-bond acceptors (Lipinski definition) is 2. The van der Waals surface area contributed by atoms with Crippen molar-refractivity contribution in [3.63, 3.8) is 0 Å².